The second-order valence-electron chi connectivity index (χ2n) is 9.72. The summed E-state index contributed by atoms with van der Waals surface area (Å²) in [5.74, 6) is 0.506. The van der Waals surface area contributed by atoms with Gasteiger partial charge in [-0.05, 0) is 17.7 Å². The Morgan fingerprint density at radius 1 is 1.03 bits per heavy atom. The molecule has 0 unspecified atom stereocenters. The van der Waals surface area contributed by atoms with Crippen molar-refractivity contribution in [2.75, 3.05) is 31.2 Å². The van der Waals surface area contributed by atoms with Gasteiger partial charge >= 0.3 is 0 Å². The minimum atomic E-state index is -2.85. The van der Waals surface area contributed by atoms with Gasteiger partial charge < -0.3 is 9.30 Å². The lowest BCUT2D eigenvalue weighted by Gasteiger charge is -2.26. The number of rotatable bonds is 8. The highest BCUT2D eigenvalue weighted by Gasteiger charge is 2.21. The van der Waals surface area contributed by atoms with Crippen molar-refractivity contribution >= 4 is 28.9 Å². The summed E-state index contributed by atoms with van der Waals surface area (Å²) in [4.78, 5) is 11.2. The first-order chi connectivity index (χ1) is 15.2. The van der Waals surface area contributed by atoms with Crippen LogP contribution in [0.4, 0.5) is 0 Å². The number of benzene rings is 1. The summed E-state index contributed by atoms with van der Waals surface area (Å²) in [6.07, 6.45) is 3.62. The van der Waals surface area contributed by atoms with Crippen molar-refractivity contribution in [2.24, 2.45) is 0 Å². The van der Waals surface area contributed by atoms with Crippen LogP contribution >= 0.6 is 0 Å². The van der Waals surface area contributed by atoms with Gasteiger partial charge in [0.05, 0.1) is 17.2 Å². The Labute approximate surface area is 191 Å². The van der Waals surface area contributed by atoms with E-state index in [-0.39, 0.29) is 11.5 Å². The molecular formula is C23H32N4O3SSi. The van der Waals surface area contributed by atoms with Gasteiger partial charge in [0.25, 0.3) is 0 Å². The number of hydrogen-bond acceptors (Lipinski definition) is 6. The van der Waals surface area contributed by atoms with E-state index in [0.717, 1.165) is 41.5 Å². The average molecular weight is 473 g/mol. The highest BCUT2D eigenvalue weighted by molar-refractivity contribution is 7.91. The maximum atomic E-state index is 11.6. The molecule has 3 heterocycles. The summed E-state index contributed by atoms with van der Waals surface area (Å²) >= 11 is 0. The molecule has 3 aromatic rings. The fourth-order valence-electron chi connectivity index (χ4n) is 3.81. The van der Waals surface area contributed by atoms with E-state index >= 15 is 0 Å². The second-order valence-corrected chi connectivity index (χ2v) is 17.6. The van der Waals surface area contributed by atoms with Gasteiger partial charge in [-0.15, -0.1) is 0 Å². The van der Waals surface area contributed by atoms with Crippen molar-refractivity contribution in [3.8, 4) is 11.3 Å². The normalized spacial score (nSPS) is 17.1. The third-order valence-corrected chi connectivity index (χ3v) is 9.17. The van der Waals surface area contributed by atoms with Gasteiger partial charge in [0.1, 0.15) is 18.7 Å². The van der Waals surface area contributed by atoms with Crippen LogP contribution in [0.2, 0.25) is 25.7 Å². The van der Waals surface area contributed by atoms with Gasteiger partial charge in [-0.3, -0.25) is 4.90 Å². The molecule has 1 aromatic carbocycles. The second kappa shape index (κ2) is 9.42. The van der Waals surface area contributed by atoms with Gasteiger partial charge in [0.2, 0.25) is 0 Å². The minimum absolute atomic E-state index is 0.253. The topological polar surface area (TPSA) is 77.3 Å². The summed E-state index contributed by atoms with van der Waals surface area (Å²) in [6.45, 7) is 10.3. The highest BCUT2D eigenvalue weighted by Crippen LogP contribution is 2.27. The number of ether oxygens (including phenoxy) is 1. The Morgan fingerprint density at radius 2 is 1.75 bits per heavy atom. The third-order valence-electron chi connectivity index (χ3n) is 5.85. The molecule has 4 rings (SSSR count). The lowest BCUT2D eigenvalue weighted by Crippen LogP contribution is -2.39. The van der Waals surface area contributed by atoms with E-state index in [1.54, 1.807) is 6.33 Å². The van der Waals surface area contributed by atoms with E-state index in [2.05, 4.69) is 64.8 Å². The first kappa shape index (κ1) is 23.1. The third kappa shape index (κ3) is 5.83. The lowest BCUT2D eigenvalue weighted by atomic mass is 10.1. The van der Waals surface area contributed by atoms with Crippen molar-refractivity contribution in [2.45, 2.75) is 39.0 Å². The molecule has 0 N–H and O–H groups in total. The molecule has 1 aliphatic heterocycles. The average Bonchev–Trinajstić information content (AvgIpc) is 3.16. The molecule has 0 aliphatic carbocycles. The zero-order chi connectivity index (χ0) is 22.8. The molecule has 0 spiro atoms. The molecule has 0 saturated carbocycles. The van der Waals surface area contributed by atoms with Crippen LogP contribution in [0.15, 0.2) is 42.9 Å². The van der Waals surface area contributed by atoms with Crippen LogP contribution < -0.4 is 0 Å². The van der Waals surface area contributed by atoms with Crippen molar-refractivity contribution in [3.05, 3.63) is 48.4 Å². The van der Waals surface area contributed by atoms with Gasteiger partial charge in [-0.25, -0.2) is 18.4 Å². The van der Waals surface area contributed by atoms with Crippen LogP contribution in [-0.4, -0.2) is 67.1 Å². The summed E-state index contributed by atoms with van der Waals surface area (Å²) < 4.78 is 31.2. The summed E-state index contributed by atoms with van der Waals surface area (Å²) in [7, 11) is -3.95. The number of hydrogen-bond donors (Lipinski definition) is 0. The van der Waals surface area contributed by atoms with E-state index < -0.39 is 17.9 Å². The fourth-order valence-corrected chi connectivity index (χ4v) is 5.85. The quantitative estimate of drug-likeness (QED) is 0.368. The molecule has 1 aliphatic rings. The van der Waals surface area contributed by atoms with Crippen LogP contribution in [0.1, 0.15) is 5.56 Å². The van der Waals surface area contributed by atoms with Crippen LogP contribution in [0.25, 0.3) is 22.3 Å². The zero-order valence-electron chi connectivity index (χ0n) is 19.1. The van der Waals surface area contributed by atoms with Crippen LogP contribution in [-0.2, 0) is 27.8 Å². The highest BCUT2D eigenvalue weighted by atomic mass is 32.2. The van der Waals surface area contributed by atoms with Gasteiger partial charge in [0, 0.05) is 51.5 Å². The first-order valence-electron chi connectivity index (χ1n) is 11.1. The zero-order valence-corrected chi connectivity index (χ0v) is 20.9. The molecule has 172 valence electrons. The SMILES string of the molecule is C[Si](C)(C)CCOCn1ccc2c(-c3ccc(CN4CCS(=O)(=O)CC4)cc3)ncnc21. The summed E-state index contributed by atoms with van der Waals surface area (Å²) in [6, 6.07) is 11.6. The monoisotopic (exact) mass is 472 g/mol. The van der Waals surface area contributed by atoms with E-state index in [1.807, 2.05) is 10.8 Å². The largest absolute Gasteiger partial charge is 0.361 e. The molecule has 9 heteroatoms. The lowest BCUT2D eigenvalue weighted by molar-refractivity contribution is 0.0899. The van der Waals surface area contributed by atoms with Gasteiger partial charge in [-0.2, -0.15) is 0 Å². The Bertz CT molecular complexity index is 1160. The molecule has 0 radical (unpaired) electrons. The summed E-state index contributed by atoms with van der Waals surface area (Å²) in [5.41, 5.74) is 4.00. The Hall–Kier alpha value is -2.07. The number of aromatic nitrogens is 3. The van der Waals surface area contributed by atoms with Crippen LogP contribution in [0.5, 0.6) is 0 Å². The fraction of sp³-hybridized carbons (Fsp3) is 0.478. The molecule has 0 bridgehead atoms. The van der Waals surface area contributed by atoms with E-state index in [9.17, 15) is 8.42 Å². The van der Waals surface area contributed by atoms with Crippen molar-refractivity contribution < 1.29 is 13.2 Å². The van der Waals surface area contributed by atoms with Gasteiger partial charge in [0.15, 0.2) is 9.84 Å². The molecule has 7 nitrogen and oxygen atoms in total. The predicted molar refractivity (Wildman–Crippen MR) is 131 cm³/mol. The predicted octanol–water partition coefficient (Wildman–Crippen LogP) is 3.64. The molecule has 0 amide bonds. The maximum Gasteiger partial charge on any atom is 0.152 e. The van der Waals surface area contributed by atoms with E-state index in [4.69, 9.17) is 4.74 Å². The van der Waals surface area contributed by atoms with Crippen LogP contribution in [0, 0.1) is 0 Å². The minimum Gasteiger partial charge on any atom is -0.361 e. The van der Waals surface area contributed by atoms with E-state index in [0.29, 0.717) is 19.8 Å². The molecular weight excluding hydrogens is 440 g/mol. The number of nitrogens with zero attached hydrogens (tertiary/aromatic N) is 4. The number of sulfone groups is 1. The molecule has 0 atom stereocenters. The van der Waals surface area contributed by atoms with Crippen molar-refractivity contribution in [1.29, 1.82) is 0 Å². The molecule has 32 heavy (non-hydrogen) atoms. The smallest absolute Gasteiger partial charge is 0.152 e. The van der Waals surface area contributed by atoms with Gasteiger partial charge in [-0.1, -0.05) is 43.9 Å². The van der Waals surface area contributed by atoms with E-state index in [1.165, 1.54) is 5.56 Å². The molecule has 1 saturated heterocycles. The van der Waals surface area contributed by atoms with Crippen LogP contribution in [0.3, 0.4) is 0 Å². The maximum absolute atomic E-state index is 11.6. The Morgan fingerprint density at radius 3 is 2.44 bits per heavy atom. The molecule has 2 aromatic heterocycles. The van der Waals surface area contributed by atoms with Crippen molar-refractivity contribution in [3.63, 3.8) is 0 Å². The Kier molecular flexibility index (Phi) is 6.80. The summed E-state index contributed by atoms with van der Waals surface area (Å²) in [5, 5.41) is 1.01. The number of fused-ring (bicyclic) bond motifs is 1. The standard InChI is InChI=1S/C23H32N4O3SSi/c1-32(2,3)15-12-30-18-27-9-8-21-22(24-17-25-23(21)27)20-6-4-19(5-7-20)16-26-10-13-31(28,29)14-11-26/h4-9,17H,10-16,18H2,1-3H3. The first-order valence-corrected chi connectivity index (χ1v) is 16.6. The molecule has 1 fully saturated rings. The Balaban J connectivity index is 1.44. The van der Waals surface area contributed by atoms with Crippen molar-refractivity contribution in [1.82, 2.24) is 19.4 Å².